The van der Waals surface area contributed by atoms with E-state index in [2.05, 4.69) is 31.2 Å². The zero-order valence-electron chi connectivity index (χ0n) is 9.91. The highest BCUT2D eigenvalue weighted by Gasteiger charge is 2.05. The minimum atomic E-state index is 0.531. The second-order valence-electron chi connectivity index (χ2n) is 4.06. The Bertz CT molecular complexity index is 520. The maximum atomic E-state index is 6.06. The lowest BCUT2D eigenvalue weighted by atomic mass is 9.97. The van der Waals surface area contributed by atoms with Gasteiger partial charge in [-0.05, 0) is 40.8 Å². The molecule has 0 aliphatic carbocycles. The van der Waals surface area contributed by atoms with E-state index < -0.39 is 0 Å². The van der Waals surface area contributed by atoms with E-state index >= 15 is 0 Å². The van der Waals surface area contributed by atoms with E-state index in [-0.39, 0.29) is 0 Å². The second-order valence-corrected chi connectivity index (χ2v) is 4.50. The number of benzene rings is 2. The maximum Gasteiger partial charge on any atom is 0.0412 e. The highest BCUT2D eigenvalue weighted by Crippen LogP contribution is 2.27. The van der Waals surface area contributed by atoms with Crippen molar-refractivity contribution in [1.29, 1.82) is 0 Å². The van der Waals surface area contributed by atoms with Crippen molar-refractivity contribution >= 4 is 11.6 Å². The number of nitrogens with two attached hydrogens (primary N) is 1. The van der Waals surface area contributed by atoms with E-state index in [9.17, 15) is 0 Å². The molecule has 0 saturated heterocycles. The van der Waals surface area contributed by atoms with Crippen LogP contribution in [0.1, 0.15) is 18.1 Å². The van der Waals surface area contributed by atoms with Gasteiger partial charge >= 0.3 is 0 Å². The van der Waals surface area contributed by atoms with Crippen LogP contribution in [0.2, 0.25) is 5.02 Å². The van der Waals surface area contributed by atoms with Gasteiger partial charge < -0.3 is 5.73 Å². The van der Waals surface area contributed by atoms with Crippen LogP contribution in [0, 0.1) is 0 Å². The standard InChI is InChI=1S/C15H16ClN/c1-2-11-4-3-5-12(8-11)15-9-14(16)7-6-13(15)10-17/h3-9H,2,10,17H2,1H3. The van der Waals surface area contributed by atoms with Crippen LogP contribution >= 0.6 is 11.6 Å². The molecule has 0 spiro atoms. The second kappa shape index (κ2) is 5.35. The molecular weight excluding hydrogens is 230 g/mol. The van der Waals surface area contributed by atoms with Gasteiger partial charge in [-0.1, -0.05) is 48.9 Å². The SMILES string of the molecule is CCc1cccc(-c2cc(Cl)ccc2CN)c1. The Hall–Kier alpha value is -1.31. The third kappa shape index (κ3) is 2.68. The van der Waals surface area contributed by atoms with Crippen molar-refractivity contribution in [2.45, 2.75) is 19.9 Å². The van der Waals surface area contributed by atoms with Crippen molar-refractivity contribution in [1.82, 2.24) is 0 Å². The molecule has 2 heteroatoms. The van der Waals surface area contributed by atoms with Gasteiger partial charge in [-0.15, -0.1) is 0 Å². The third-order valence-electron chi connectivity index (χ3n) is 2.94. The smallest absolute Gasteiger partial charge is 0.0412 e. The minimum Gasteiger partial charge on any atom is -0.326 e. The molecule has 2 N–H and O–H groups in total. The van der Waals surface area contributed by atoms with Gasteiger partial charge in [-0.2, -0.15) is 0 Å². The Labute approximate surface area is 107 Å². The van der Waals surface area contributed by atoms with E-state index in [0.29, 0.717) is 6.54 Å². The normalized spacial score (nSPS) is 10.5. The van der Waals surface area contributed by atoms with Crippen LogP contribution in [0.3, 0.4) is 0 Å². The van der Waals surface area contributed by atoms with Gasteiger partial charge in [0.15, 0.2) is 0 Å². The quantitative estimate of drug-likeness (QED) is 0.868. The molecule has 0 atom stereocenters. The summed E-state index contributed by atoms with van der Waals surface area (Å²) < 4.78 is 0. The van der Waals surface area contributed by atoms with E-state index in [4.69, 9.17) is 17.3 Å². The Balaban J connectivity index is 2.54. The molecule has 0 unspecified atom stereocenters. The van der Waals surface area contributed by atoms with Gasteiger partial charge in [-0.25, -0.2) is 0 Å². The molecule has 88 valence electrons. The van der Waals surface area contributed by atoms with Crippen LogP contribution in [-0.4, -0.2) is 0 Å². The zero-order chi connectivity index (χ0) is 12.3. The molecule has 1 nitrogen and oxygen atoms in total. The molecule has 0 radical (unpaired) electrons. The van der Waals surface area contributed by atoms with Crippen molar-refractivity contribution in [2.24, 2.45) is 5.73 Å². The van der Waals surface area contributed by atoms with E-state index in [1.54, 1.807) is 0 Å². The Kier molecular flexibility index (Phi) is 3.82. The molecule has 0 heterocycles. The van der Waals surface area contributed by atoms with Gasteiger partial charge in [-0.3, -0.25) is 0 Å². The fourth-order valence-corrected chi connectivity index (χ4v) is 2.13. The number of halogens is 1. The summed E-state index contributed by atoms with van der Waals surface area (Å²) in [7, 11) is 0. The van der Waals surface area contributed by atoms with Crippen molar-refractivity contribution < 1.29 is 0 Å². The first-order valence-electron chi connectivity index (χ1n) is 5.82. The predicted molar refractivity (Wildman–Crippen MR) is 74.2 cm³/mol. The Morgan fingerprint density at radius 3 is 2.65 bits per heavy atom. The van der Waals surface area contributed by atoms with E-state index in [0.717, 1.165) is 22.6 Å². The molecule has 2 aromatic carbocycles. The lowest BCUT2D eigenvalue weighted by Gasteiger charge is -2.10. The summed E-state index contributed by atoms with van der Waals surface area (Å²) in [6.45, 7) is 2.68. The summed E-state index contributed by atoms with van der Waals surface area (Å²) in [5, 5.41) is 0.749. The Morgan fingerprint density at radius 2 is 1.94 bits per heavy atom. The largest absolute Gasteiger partial charge is 0.326 e. The highest BCUT2D eigenvalue weighted by molar-refractivity contribution is 6.30. The summed E-state index contributed by atoms with van der Waals surface area (Å²) in [4.78, 5) is 0. The topological polar surface area (TPSA) is 26.0 Å². The third-order valence-corrected chi connectivity index (χ3v) is 3.17. The van der Waals surface area contributed by atoms with Crippen LogP contribution < -0.4 is 5.73 Å². The molecule has 2 aromatic rings. The summed E-state index contributed by atoms with van der Waals surface area (Å²) >= 11 is 6.06. The van der Waals surface area contributed by atoms with Crippen LogP contribution in [0.4, 0.5) is 0 Å². The average molecular weight is 246 g/mol. The van der Waals surface area contributed by atoms with Crippen molar-refractivity contribution in [3.8, 4) is 11.1 Å². The van der Waals surface area contributed by atoms with Crippen molar-refractivity contribution in [3.63, 3.8) is 0 Å². The van der Waals surface area contributed by atoms with Crippen LogP contribution in [0.5, 0.6) is 0 Å². The summed E-state index contributed by atoms with van der Waals surface area (Å²) in [5.74, 6) is 0. The fraction of sp³-hybridized carbons (Fsp3) is 0.200. The molecule has 0 fully saturated rings. The molecule has 17 heavy (non-hydrogen) atoms. The molecule has 0 amide bonds. The molecule has 0 bridgehead atoms. The van der Waals surface area contributed by atoms with E-state index in [1.165, 1.54) is 11.1 Å². The van der Waals surface area contributed by atoms with Crippen molar-refractivity contribution in [3.05, 3.63) is 58.6 Å². The monoisotopic (exact) mass is 245 g/mol. The lowest BCUT2D eigenvalue weighted by molar-refractivity contribution is 1.07. The fourth-order valence-electron chi connectivity index (χ4n) is 1.95. The van der Waals surface area contributed by atoms with Gasteiger partial charge in [0.1, 0.15) is 0 Å². The number of hydrogen-bond acceptors (Lipinski definition) is 1. The molecule has 2 rings (SSSR count). The minimum absolute atomic E-state index is 0.531. The molecular formula is C15H16ClN. The number of rotatable bonds is 3. The predicted octanol–water partition coefficient (Wildman–Crippen LogP) is 4.03. The first kappa shape index (κ1) is 12.2. The average Bonchev–Trinajstić information content (AvgIpc) is 2.39. The summed E-state index contributed by atoms with van der Waals surface area (Å²) in [5.41, 5.74) is 10.5. The number of aryl methyl sites for hydroxylation is 1. The van der Waals surface area contributed by atoms with Crippen LogP contribution in [0.25, 0.3) is 11.1 Å². The first-order valence-corrected chi connectivity index (χ1v) is 6.20. The van der Waals surface area contributed by atoms with Crippen molar-refractivity contribution in [2.75, 3.05) is 0 Å². The first-order chi connectivity index (χ1) is 8.24. The van der Waals surface area contributed by atoms with Gasteiger partial charge in [0.2, 0.25) is 0 Å². The van der Waals surface area contributed by atoms with Crippen LogP contribution in [0.15, 0.2) is 42.5 Å². The summed E-state index contributed by atoms with van der Waals surface area (Å²) in [6.07, 6.45) is 1.03. The number of hydrogen-bond donors (Lipinski definition) is 1. The highest BCUT2D eigenvalue weighted by atomic mass is 35.5. The van der Waals surface area contributed by atoms with Gasteiger partial charge in [0, 0.05) is 11.6 Å². The van der Waals surface area contributed by atoms with Crippen LogP contribution in [-0.2, 0) is 13.0 Å². The van der Waals surface area contributed by atoms with E-state index in [1.807, 2.05) is 18.2 Å². The van der Waals surface area contributed by atoms with Gasteiger partial charge in [0.25, 0.3) is 0 Å². The molecule has 0 aromatic heterocycles. The molecule has 0 aliphatic rings. The molecule has 0 saturated carbocycles. The zero-order valence-corrected chi connectivity index (χ0v) is 10.7. The van der Waals surface area contributed by atoms with Gasteiger partial charge in [0.05, 0.1) is 0 Å². The summed E-state index contributed by atoms with van der Waals surface area (Å²) in [6, 6.07) is 14.4. The molecule has 0 aliphatic heterocycles. The Morgan fingerprint density at radius 1 is 1.12 bits per heavy atom. The lowest BCUT2D eigenvalue weighted by Crippen LogP contribution is -1.99. The maximum absolute atomic E-state index is 6.06.